The van der Waals surface area contributed by atoms with Gasteiger partial charge in [-0.05, 0) is 97.6 Å². The molecule has 0 fully saturated rings. The summed E-state index contributed by atoms with van der Waals surface area (Å²) >= 11 is 1.96. The van der Waals surface area contributed by atoms with Crippen LogP contribution in [0.1, 0.15) is 21.6 Å². The van der Waals surface area contributed by atoms with E-state index in [2.05, 4.69) is 229 Å². The third kappa shape index (κ3) is 5.03. The Morgan fingerprint density at radius 1 is 0.322 bits per heavy atom. The molecule has 2 aliphatic carbocycles. The van der Waals surface area contributed by atoms with Crippen molar-refractivity contribution in [2.75, 3.05) is 4.90 Å². The van der Waals surface area contributed by atoms with Crippen LogP contribution in [-0.2, 0) is 5.41 Å². The zero-order valence-corrected chi connectivity index (χ0v) is 33.0. The van der Waals surface area contributed by atoms with Gasteiger partial charge in [-0.25, -0.2) is 0 Å². The summed E-state index contributed by atoms with van der Waals surface area (Å²) in [5.41, 5.74) is 19.6. The molecule has 12 rings (SSSR count). The summed E-state index contributed by atoms with van der Waals surface area (Å²) in [5.74, 6) is 0. The number of hydrogen-bond acceptors (Lipinski definition) is 2. The van der Waals surface area contributed by atoms with Gasteiger partial charge in [-0.15, -0.1) is 11.3 Å². The van der Waals surface area contributed by atoms with Crippen molar-refractivity contribution in [2.24, 2.45) is 0 Å². The molecule has 1 aromatic heterocycles. The Morgan fingerprint density at radius 3 is 1.41 bits per heavy atom. The Bertz CT molecular complexity index is 3150. The topological polar surface area (TPSA) is 3.24 Å². The average molecular weight is 768 g/mol. The van der Waals surface area contributed by atoms with Crippen LogP contribution in [0, 0.1) is 0 Å². The van der Waals surface area contributed by atoms with Gasteiger partial charge >= 0.3 is 0 Å². The second-order valence-electron chi connectivity index (χ2n) is 15.6. The van der Waals surface area contributed by atoms with Gasteiger partial charge in [-0.2, -0.15) is 0 Å². The fourth-order valence-electron chi connectivity index (χ4n) is 10.0. The Labute approximate surface area is 348 Å². The molecule has 276 valence electrons. The predicted molar refractivity (Wildman–Crippen MR) is 249 cm³/mol. The van der Waals surface area contributed by atoms with Crippen LogP contribution in [0.2, 0.25) is 0 Å². The highest BCUT2D eigenvalue weighted by Gasteiger charge is 2.54. The minimum absolute atomic E-state index is 0.425. The minimum atomic E-state index is -0.425. The standard InChI is InChI=1S/C57H37NS/c1-3-16-38(17-4-1)39-30-34-42(35-31-39)58(43-36-32-41(33-37-43)45-21-8-7-20-44(45)40-18-5-2-6-19-40)52-28-15-27-51-55(52)54-48-24-11-14-29-53(48)59-56(54)57(51)49-25-12-9-22-46(49)47-23-10-13-26-50(47)57/h1-37H. The van der Waals surface area contributed by atoms with Gasteiger partial charge in [0, 0.05) is 37.5 Å². The summed E-state index contributed by atoms with van der Waals surface area (Å²) in [6, 6.07) is 82.6. The summed E-state index contributed by atoms with van der Waals surface area (Å²) in [4.78, 5) is 3.90. The van der Waals surface area contributed by atoms with Crippen LogP contribution in [0.15, 0.2) is 224 Å². The highest BCUT2D eigenvalue weighted by atomic mass is 32.1. The lowest BCUT2D eigenvalue weighted by atomic mass is 9.74. The summed E-state index contributed by atoms with van der Waals surface area (Å²) in [6.07, 6.45) is 0. The van der Waals surface area contributed by atoms with Crippen LogP contribution in [-0.4, -0.2) is 0 Å². The van der Waals surface area contributed by atoms with Gasteiger partial charge in [0.25, 0.3) is 0 Å². The molecule has 0 aliphatic heterocycles. The Kier molecular flexibility index (Phi) is 7.69. The average Bonchev–Trinajstić information content (AvgIpc) is 3.94. The molecule has 9 aromatic carbocycles. The molecule has 0 saturated heterocycles. The zero-order chi connectivity index (χ0) is 38.9. The fourth-order valence-corrected chi connectivity index (χ4v) is 11.5. The maximum absolute atomic E-state index is 2.49. The highest BCUT2D eigenvalue weighted by Crippen LogP contribution is 2.67. The van der Waals surface area contributed by atoms with Crippen LogP contribution in [0.3, 0.4) is 0 Å². The van der Waals surface area contributed by atoms with Gasteiger partial charge in [0.1, 0.15) is 0 Å². The first-order chi connectivity index (χ1) is 29.3. The summed E-state index contributed by atoms with van der Waals surface area (Å²) in [7, 11) is 0. The van der Waals surface area contributed by atoms with Crippen LogP contribution in [0.5, 0.6) is 0 Å². The maximum atomic E-state index is 2.49. The largest absolute Gasteiger partial charge is 0.310 e. The first kappa shape index (κ1) is 33.8. The van der Waals surface area contributed by atoms with E-state index >= 15 is 0 Å². The van der Waals surface area contributed by atoms with Gasteiger partial charge in [0.15, 0.2) is 0 Å². The molecular formula is C57H37NS. The first-order valence-corrected chi connectivity index (χ1v) is 21.2. The summed E-state index contributed by atoms with van der Waals surface area (Å²) < 4.78 is 1.32. The number of anilines is 3. The van der Waals surface area contributed by atoms with Crippen molar-refractivity contribution in [1.29, 1.82) is 0 Å². The van der Waals surface area contributed by atoms with Gasteiger partial charge < -0.3 is 4.90 Å². The van der Waals surface area contributed by atoms with E-state index in [0.717, 1.165) is 11.4 Å². The molecule has 1 spiro atoms. The molecule has 0 radical (unpaired) electrons. The van der Waals surface area contributed by atoms with E-state index < -0.39 is 5.41 Å². The van der Waals surface area contributed by atoms with E-state index in [-0.39, 0.29) is 0 Å². The molecule has 2 heteroatoms. The van der Waals surface area contributed by atoms with Gasteiger partial charge in [-0.3, -0.25) is 0 Å². The minimum Gasteiger partial charge on any atom is -0.310 e. The smallest absolute Gasteiger partial charge is 0.0820 e. The number of nitrogens with zero attached hydrogens (tertiary/aromatic N) is 1. The van der Waals surface area contributed by atoms with Crippen molar-refractivity contribution in [3.63, 3.8) is 0 Å². The normalized spacial score (nSPS) is 12.9. The van der Waals surface area contributed by atoms with Crippen molar-refractivity contribution in [3.05, 3.63) is 246 Å². The SMILES string of the molecule is c1ccc(-c2ccc(N(c3ccc(-c4ccccc4-c4ccccc4)cc3)c3cccc4c3-c3c(sc5ccccc35)C43c4ccccc4-c4ccccc43)cc2)cc1. The maximum Gasteiger partial charge on any atom is 0.0820 e. The van der Waals surface area contributed by atoms with E-state index in [1.165, 1.54) is 93.0 Å². The second-order valence-corrected chi connectivity index (χ2v) is 16.6. The van der Waals surface area contributed by atoms with Crippen LogP contribution >= 0.6 is 11.3 Å². The summed E-state index contributed by atoms with van der Waals surface area (Å²) in [6.45, 7) is 0. The Morgan fingerprint density at radius 2 is 0.780 bits per heavy atom. The van der Waals surface area contributed by atoms with E-state index in [1.54, 1.807) is 0 Å². The Hall–Kier alpha value is -7.26. The van der Waals surface area contributed by atoms with Crippen molar-refractivity contribution in [1.82, 2.24) is 0 Å². The number of rotatable bonds is 6. The van der Waals surface area contributed by atoms with E-state index in [0.29, 0.717) is 0 Å². The molecule has 0 saturated carbocycles. The first-order valence-electron chi connectivity index (χ1n) is 20.3. The lowest BCUT2D eigenvalue weighted by molar-refractivity contribution is 0.811. The molecule has 0 unspecified atom stereocenters. The lowest BCUT2D eigenvalue weighted by Crippen LogP contribution is -2.25. The quantitative estimate of drug-likeness (QED) is 0.163. The van der Waals surface area contributed by atoms with Crippen LogP contribution in [0.4, 0.5) is 17.1 Å². The number of benzene rings is 9. The third-order valence-electron chi connectivity index (χ3n) is 12.5. The van der Waals surface area contributed by atoms with E-state index in [1.807, 2.05) is 11.3 Å². The molecule has 0 atom stereocenters. The molecule has 0 bridgehead atoms. The predicted octanol–water partition coefficient (Wildman–Crippen LogP) is 15.7. The molecule has 59 heavy (non-hydrogen) atoms. The number of fused-ring (bicyclic) bond motifs is 12. The molecule has 1 heterocycles. The van der Waals surface area contributed by atoms with Crippen molar-refractivity contribution in [2.45, 2.75) is 5.41 Å². The van der Waals surface area contributed by atoms with Gasteiger partial charge in [-0.1, -0.05) is 188 Å². The van der Waals surface area contributed by atoms with Crippen molar-refractivity contribution in [3.8, 4) is 55.6 Å². The molecule has 10 aromatic rings. The van der Waals surface area contributed by atoms with Crippen molar-refractivity contribution >= 4 is 38.5 Å². The fraction of sp³-hybridized carbons (Fsp3) is 0.0175. The van der Waals surface area contributed by atoms with Crippen LogP contribution in [0.25, 0.3) is 65.7 Å². The number of hydrogen-bond donors (Lipinski definition) is 0. The van der Waals surface area contributed by atoms with Gasteiger partial charge in [0.2, 0.25) is 0 Å². The van der Waals surface area contributed by atoms with E-state index in [4.69, 9.17) is 0 Å². The third-order valence-corrected chi connectivity index (χ3v) is 13.8. The zero-order valence-electron chi connectivity index (χ0n) is 32.2. The highest BCUT2D eigenvalue weighted by molar-refractivity contribution is 7.20. The molecule has 0 amide bonds. The van der Waals surface area contributed by atoms with Gasteiger partial charge in [0.05, 0.1) is 11.1 Å². The second kappa shape index (κ2) is 13.4. The lowest BCUT2D eigenvalue weighted by Gasteiger charge is -2.31. The van der Waals surface area contributed by atoms with Crippen LogP contribution < -0.4 is 4.90 Å². The molecule has 2 aliphatic rings. The number of thiophene rings is 1. The molecule has 1 nitrogen and oxygen atoms in total. The van der Waals surface area contributed by atoms with Crippen molar-refractivity contribution < 1.29 is 0 Å². The molecule has 0 N–H and O–H groups in total. The monoisotopic (exact) mass is 767 g/mol. The Balaban J connectivity index is 1.10. The summed E-state index contributed by atoms with van der Waals surface area (Å²) in [5, 5.41) is 1.31. The molecular weight excluding hydrogens is 731 g/mol. The van der Waals surface area contributed by atoms with E-state index in [9.17, 15) is 0 Å².